The van der Waals surface area contributed by atoms with Crippen LogP contribution in [0.2, 0.25) is 0 Å². The number of methoxy groups -OCH3 is 3. The maximum atomic E-state index is 11.7. The molecule has 0 radical (unpaired) electrons. The molecule has 2 aliphatic rings. The highest BCUT2D eigenvalue weighted by molar-refractivity contribution is 5.89. The zero-order chi connectivity index (χ0) is 19.0. The van der Waals surface area contributed by atoms with Crippen molar-refractivity contribution in [3.63, 3.8) is 0 Å². The van der Waals surface area contributed by atoms with Gasteiger partial charge < -0.3 is 19.5 Å². The number of fused-ring (bicyclic) bond motifs is 3. The second-order valence-corrected chi connectivity index (χ2v) is 6.88. The van der Waals surface area contributed by atoms with Crippen LogP contribution in [0.4, 0.5) is 5.69 Å². The molecular weight excluding hydrogens is 342 g/mol. The molecule has 3 atom stereocenters. The largest absolute Gasteiger partial charge is 0.497 e. The summed E-state index contributed by atoms with van der Waals surface area (Å²) < 4.78 is 15.9. The number of hydrogen-bond acceptors (Lipinski definition) is 5. The van der Waals surface area contributed by atoms with Crippen LogP contribution in [0.5, 0.6) is 11.5 Å². The first-order chi connectivity index (χ1) is 13.2. The molecule has 2 aromatic carbocycles. The van der Waals surface area contributed by atoms with Crippen LogP contribution in [0.15, 0.2) is 48.6 Å². The molecule has 0 bridgehead atoms. The molecule has 0 aromatic heterocycles. The fourth-order valence-corrected chi connectivity index (χ4v) is 4.19. The molecule has 5 heteroatoms. The quantitative estimate of drug-likeness (QED) is 0.646. The second-order valence-electron chi connectivity index (χ2n) is 6.88. The Labute approximate surface area is 158 Å². The zero-order valence-corrected chi connectivity index (χ0v) is 15.7. The molecule has 5 nitrogen and oxygen atoms in total. The Morgan fingerprint density at radius 1 is 1.07 bits per heavy atom. The third-order valence-corrected chi connectivity index (χ3v) is 5.55. The van der Waals surface area contributed by atoms with Gasteiger partial charge in [-0.1, -0.05) is 24.3 Å². The molecule has 1 heterocycles. The molecule has 1 N–H and O–H groups in total. The Kier molecular flexibility index (Phi) is 4.52. The van der Waals surface area contributed by atoms with Crippen LogP contribution in [0.1, 0.15) is 39.9 Å². The van der Waals surface area contributed by atoms with Crippen molar-refractivity contribution in [3.05, 3.63) is 65.2 Å². The minimum Gasteiger partial charge on any atom is -0.497 e. The highest BCUT2D eigenvalue weighted by Gasteiger charge is 2.39. The van der Waals surface area contributed by atoms with Crippen LogP contribution < -0.4 is 14.8 Å². The van der Waals surface area contributed by atoms with Gasteiger partial charge in [-0.25, -0.2) is 4.79 Å². The number of carbonyl (C=O) groups is 1. The van der Waals surface area contributed by atoms with E-state index < -0.39 is 0 Å². The average Bonchev–Trinajstić information content (AvgIpc) is 3.22. The normalized spacial score (nSPS) is 22.4. The number of allylic oxidation sites excluding steroid dienone is 2. The number of rotatable bonds is 4. The predicted molar refractivity (Wildman–Crippen MR) is 104 cm³/mol. The van der Waals surface area contributed by atoms with Crippen LogP contribution in [0, 0.1) is 5.92 Å². The summed E-state index contributed by atoms with van der Waals surface area (Å²) in [5.41, 5.74) is 3.91. The van der Waals surface area contributed by atoms with Gasteiger partial charge in [0.15, 0.2) is 0 Å². The van der Waals surface area contributed by atoms with E-state index in [0.29, 0.717) is 17.4 Å². The molecule has 4 rings (SSSR count). The summed E-state index contributed by atoms with van der Waals surface area (Å²) in [6.07, 6.45) is 5.52. The van der Waals surface area contributed by atoms with Gasteiger partial charge in [-0.05, 0) is 41.7 Å². The lowest BCUT2D eigenvalue weighted by molar-refractivity contribution is 0.0600. The van der Waals surface area contributed by atoms with E-state index in [1.54, 1.807) is 14.2 Å². The number of benzene rings is 2. The summed E-state index contributed by atoms with van der Waals surface area (Å²) >= 11 is 0. The van der Waals surface area contributed by atoms with E-state index in [0.717, 1.165) is 29.2 Å². The molecule has 0 saturated heterocycles. The Morgan fingerprint density at radius 3 is 2.52 bits per heavy atom. The number of hydrogen-bond donors (Lipinski definition) is 1. The third kappa shape index (κ3) is 2.93. The van der Waals surface area contributed by atoms with Crippen molar-refractivity contribution in [2.75, 3.05) is 26.6 Å². The van der Waals surface area contributed by atoms with Crippen molar-refractivity contribution in [2.45, 2.75) is 18.4 Å². The summed E-state index contributed by atoms with van der Waals surface area (Å²) in [6, 6.07) is 11.8. The second kappa shape index (κ2) is 6.99. The van der Waals surface area contributed by atoms with Crippen molar-refractivity contribution in [2.24, 2.45) is 5.92 Å². The Balaban J connectivity index is 1.74. The van der Waals surface area contributed by atoms with Gasteiger partial charge in [-0.2, -0.15) is 0 Å². The Morgan fingerprint density at radius 2 is 1.85 bits per heavy atom. The van der Waals surface area contributed by atoms with E-state index in [-0.39, 0.29) is 12.0 Å². The Hall–Kier alpha value is -2.95. The number of ether oxygens (including phenoxy) is 3. The van der Waals surface area contributed by atoms with E-state index in [1.807, 2.05) is 30.3 Å². The van der Waals surface area contributed by atoms with Gasteiger partial charge in [-0.15, -0.1) is 0 Å². The molecule has 0 amide bonds. The molecule has 0 saturated carbocycles. The first-order valence-electron chi connectivity index (χ1n) is 9.03. The van der Waals surface area contributed by atoms with E-state index in [9.17, 15) is 4.79 Å². The number of esters is 1. The van der Waals surface area contributed by atoms with Crippen LogP contribution in [0.3, 0.4) is 0 Å². The molecule has 0 spiro atoms. The standard InChI is InChI=1S/C22H23NO4/c1-25-15-11-18-16-5-4-6-17(16)20(23-21(18)19(12-15)26-2)13-7-9-14(10-8-13)22(24)27-3/h4-5,7-12,16-17,20,23H,6H2,1-3H3/t16-,17-,20+/m0/s1. The predicted octanol–water partition coefficient (Wildman–Crippen LogP) is 4.32. The van der Waals surface area contributed by atoms with Crippen molar-refractivity contribution in [1.29, 1.82) is 0 Å². The summed E-state index contributed by atoms with van der Waals surface area (Å²) in [5.74, 6) is 1.96. The maximum absolute atomic E-state index is 11.7. The average molecular weight is 365 g/mol. The van der Waals surface area contributed by atoms with E-state index in [1.165, 1.54) is 12.7 Å². The summed E-state index contributed by atoms with van der Waals surface area (Å²) in [4.78, 5) is 11.7. The highest BCUT2D eigenvalue weighted by atomic mass is 16.5. The van der Waals surface area contributed by atoms with Gasteiger partial charge in [0.05, 0.1) is 38.6 Å². The molecule has 0 fully saturated rings. The highest BCUT2D eigenvalue weighted by Crippen LogP contribution is 2.53. The number of carbonyl (C=O) groups excluding carboxylic acids is 1. The molecule has 1 aliphatic heterocycles. The van der Waals surface area contributed by atoms with E-state index in [4.69, 9.17) is 14.2 Å². The van der Waals surface area contributed by atoms with Crippen molar-refractivity contribution in [3.8, 4) is 11.5 Å². The summed E-state index contributed by atoms with van der Waals surface area (Å²) in [7, 11) is 4.74. The number of nitrogens with one attached hydrogen (secondary N) is 1. The van der Waals surface area contributed by atoms with Crippen LogP contribution in [-0.2, 0) is 4.74 Å². The van der Waals surface area contributed by atoms with Gasteiger partial charge in [0.1, 0.15) is 11.5 Å². The molecular formula is C22H23NO4. The molecule has 2 aromatic rings. The molecule has 1 aliphatic carbocycles. The van der Waals surface area contributed by atoms with Crippen LogP contribution >= 0.6 is 0 Å². The van der Waals surface area contributed by atoms with Crippen molar-refractivity contribution in [1.82, 2.24) is 0 Å². The first kappa shape index (κ1) is 17.5. The maximum Gasteiger partial charge on any atom is 0.337 e. The third-order valence-electron chi connectivity index (χ3n) is 5.55. The molecule has 27 heavy (non-hydrogen) atoms. The lowest BCUT2D eigenvalue weighted by Crippen LogP contribution is -2.29. The van der Waals surface area contributed by atoms with Gasteiger partial charge in [-0.3, -0.25) is 0 Å². The topological polar surface area (TPSA) is 56.8 Å². The van der Waals surface area contributed by atoms with Gasteiger partial charge in [0.25, 0.3) is 0 Å². The van der Waals surface area contributed by atoms with Crippen LogP contribution in [0.25, 0.3) is 0 Å². The smallest absolute Gasteiger partial charge is 0.337 e. The van der Waals surface area contributed by atoms with Crippen molar-refractivity contribution >= 4 is 11.7 Å². The summed E-state index contributed by atoms with van der Waals surface area (Å²) in [5, 5.41) is 3.68. The lowest BCUT2D eigenvalue weighted by atomic mass is 9.76. The van der Waals surface area contributed by atoms with E-state index >= 15 is 0 Å². The zero-order valence-electron chi connectivity index (χ0n) is 15.7. The van der Waals surface area contributed by atoms with Gasteiger partial charge >= 0.3 is 5.97 Å². The fourth-order valence-electron chi connectivity index (χ4n) is 4.19. The van der Waals surface area contributed by atoms with E-state index in [2.05, 4.69) is 23.5 Å². The van der Waals surface area contributed by atoms with Crippen LogP contribution in [-0.4, -0.2) is 27.3 Å². The minimum atomic E-state index is -0.322. The molecule has 140 valence electrons. The number of anilines is 1. The lowest BCUT2D eigenvalue weighted by Gasteiger charge is -2.38. The summed E-state index contributed by atoms with van der Waals surface area (Å²) in [6.45, 7) is 0. The van der Waals surface area contributed by atoms with Gasteiger partial charge in [0, 0.05) is 12.0 Å². The minimum absolute atomic E-state index is 0.131. The molecule has 0 unspecified atom stereocenters. The SMILES string of the molecule is COC(=O)c1ccc([C@H]2Nc3c(OC)cc(OC)cc3[C@H]3C=CC[C@@H]32)cc1. The van der Waals surface area contributed by atoms with Crippen molar-refractivity contribution < 1.29 is 19.0 Å². The van der Waals surface area contributed by atoms with Gasteiger partial charge in [0.2, 0.25) is 0 Å². The monoisotopic (exact) mass is 365 g/mol. The Bertz CT molecular complexity index is 888. The first-order valence-corrected chi connectivity index (χ1v) is 9.03. The fraction of sp³-hybridized carbons (Fsp3) is 0.318.